The van der Waals surface area contributed by atoms with E-state index in [0.29, 0.717) is 29.6 Å². The maximum atomic E-state index is 13.3. The van der Waals surface area contributed by atoms with Gasteiger partial charge in [-0.1, -0.05) is 45.4 Å². The van der Waals surface area contributed by atoms with Gasteiger partial charge in [0.2, 0.25) is 0 Å². The number of fused-ring (bicyclic) bond motifs is 2. The van der Waals surface area contributed by atoms with E-state index in [1.165, 1.54) is 0 Å². The summed E-state index contributed by atoms with van der Waals surface area (Å²) in [5.74, 6) is 0.753. The van der Waals surface area contributed by atoms with Crippen molar-refractivity contribution in [3.05, 3.63) is 71.3 Å². The number of rotatable bonds is 3. The second kappa shape index (κ2) is 9.03. The standard InChI is InChI=1S/C29H32ClN3O2/c1-17-9-22-15-33(16-24(17)27(22)34)28(35)19-5-6-23(25(30)11-19)21-10-20(13-31-14-21)18-7-8-32-26(12-18)29(2,3)4/h5-8,10-14,17,22,24,27,34H,9,15-16H2,1-4H3. The predicted octanol–water partition coefficient (Wildman–Crippen LogP) is 5.85. The van der Waals surface area contributed by atoms with Crippen molar-refractivity contribution in [2.75, 3.05) is 13.1 Å². The number of aliphatic hydroxyl groups is 1. The molecule has 5 nitrogen and oxygen atoms in total. The van der Waals surface area contributed by atoms with Gasteiger partial charge in [0.05, 0.1) is 6.10 Å². The Morgan fingerprint density at radius 1 is 1.06 bits per heavy atom. The molecule has 2 bridgehead atoms. The highest BCUT2D eigenvalue weighted by Crippen LogP contribution is 2.41. The first kappa shape index (κ1) is 24.0. The number of nitrogens with zero attached hydrogens (tertiary/aromatic N) is 3. The predicted molar refractivity (Wildman–Crippen MR) is 139 cm³/mol. The van der Waals surface area contributed by atoms with E-state index in [1.54, 1.807) is 12.3 Å². The summed E-state index contributed by atoms with van der Waals surface area (Å²) in [6.07, 6.45) is 6.16. The average molecular weight is 490 g/mol. The highest BCUT2D eigenvalue weighted by atomic mass is 35.5. The third-order valence-corrected chi connectivity index (χ3v) is 7.94. The summed E-state index contributed by atoms with van der Waals surface area (Å²) in [5, 5.41) is 11.0. The molecule has 3 heterocycles. The Balaban J connectivity index is 1.39. The van der Waals surface area contributed by atoms with Crippen molar-refractivity contribution < 1.29 is 9.90 Å². The summed E-state index contributed by atoms with van der Waals surface area (Å²) in [4.78, 5) is 24.1. The van der Waals surface area contributed by atoms with Gasteiger partial charge in [-0.2, -0.15) is 0 Å². The minimum absolute atomic E-state index is 0.0205. The van der Waals surface area contributed by atoms with Gasteiger partial charge in [-0.05, 0) is 48.2 Å². The zero-order chi connectivity index (χ0) is 24.9. The number of halogens is 1. The van der Waals surface area contributed by atoms with E-state index in [2.05, 4.69) is 49.8 Å². The highest BCUT2D eigenvalue weighted by Gasteiger charge is 2.46. The first-order valence-corrected chi connectivity index (χ1v) is 12.7. The van der Waals surface area contributed by atoms with Crippen molar-refractivity contribution in [3.63, 3.8) is 0 Å². The minimum atomic E-state index is -0.292. The fourth-order valence-corrected chi connectivity index (χ4v) is 5.85. The van der Waals surface area contributed by atoms with E-state index >= 15 is 0 Å². The van der Waals surface area contributed by atoms with Crippen molar-refractivity contribution in [2.45, 2.75) is 45.6 Å². The molecule has 35 heavy (non-hydrogen) atoms. The lowest BCUT2D eigenvalue weighted by Gasteiger charge is -2.36. The van der Waals surface area contributed by atoms with Crippen LogP contribution in [0.5, 0.6) is 0 Å². The van der Waals surface area contributed by atoms with E-state index in [1.807, 2.05) is 35.5 Å². The summed E-state index contributed by atoms with van der Waals surface area (Å²) < 4.78 is 0. The molecule has 3 aromatic rings. The van der Waals surface area contributed by atoms with Gasteiger partial charge in [0.1, 0.15) is 0 Å². The van der Waals surface area contributed by atoms with Gasteiger partial charge >= 0.3 is 0 Å². The van der Waals surface area contributed by atoms with Crippen molar-refractivity contribution in [1.29, 1.82) is 0 Å². The topological polar surface area (TPSA) is 66.3 Å². The lowest BCUT2D eigenvalue weighted by molar-refractivity contribution is 0.0122. The van der Waals surface area contributed by atoms with Gasteiger partial charge in [0.15, 0.2) is 0 Å². The van der Waals surface area contributed by atoms with E-state index in [9.17, 15) is 9.90 Å². The van der Waals surface area contributed by atoms with Crippen LogP contribution < -0.4 is 0 Å². The molecule has 1 aromatic carbocycles. The number of pyridine rings is 2. The molecule has 4 unspecified atom stereocenters. The Morgan fingerprint density at radius 2 is 1.83 bits per heavy atom. The van der Waals surface area contributed by atoms with Crippen molar-refractivity contribution in [1.82, 2.24) is 14.9 Å². The minimum Gasteiger partial charge on any atom is -0.392 e. The molecule has 6 heteroatoms. The highest BCUT2D eigenvalue weighted by molar-refractivity contribution is 6.33. The molecule has 2 fully saturated rings. The second-order valence-corrected chi connectivity index (χ2v) is 11.6. The Bertz CT molecular complexity index is 1270. The largest absolute Gasteiger partial charge is 0.392 e. The van der Waals surface area contributed by atoms with Crippen LogP contribution >= 0.6 is 11.6 Å². The van der Waals surface area contributed by atoms with Gasteiger partial charge < -0.3 is 10.0 Å². The molecule has 0 radical (unpaired) electrons. The Kier molecular flexibility index (Phi) is 6.18. The SMILES string of the molecule is CC1CC2CN(C(=O)c3ccc(-c4cncc(-c5ccnc(C(C)(C)C)c5)c4)c(Cl)c3)CC1C2O. The third kappa shape index (κ3) is 4.60. The molecule has 1 saturated carbocycles. The van der Waals surface area contributed by atoms with Crippen LogP contribution in [0.2, 0.25) is 5.02 Å². The normalized spacial score (nSPS) is 24.0. The molecule has 1 aliphatic heterocycles. The molecule has 0 spiro atoms. The molecular formula is C29H32ClN3O2. The number of aliphatic hydroxyl groups excluding tert-OH is 1. The van der Waals surface area contributed by atoms with Crippen LogP contribution in [0.1, 0.15) is 50.2 Å². The molecule has 4 atom stereocenters. The first-order chi connectivity index (χ1) is 16.6. The van der Waals surface area contributed by atoms with Crippen LogP contribution in [0.15, 0.2) is 55.0 Å². The molecule has 2 aromatic heterocycles. The van der Waals surface area contributed by atoms with E-state index in [0.717, 1.165) is 34.4 Å². The number of likely N-dealkylation sites (tertiary alicyclic amines) is 1. The number of hydrogen-bond donors (Lipinski definition) is 1. The first-order valence-electron chi connectivity index (χ1n) is 12.3. The average Bonchev–Trinajstić information content (AvgIpc) is 2.99. The third-order valence-electron chi connectivity index (χ3n) is 7.63. The Morgan fingerprint density at radius 3 is 2.54 bits per heavy atom. The second-order valence-electron chi connectivity index (χ2n) is 11.2. The number of carbonyl (C=O) groups is 1. The smallest absolute Gasteiger partial charge is 0.253 e. The van der Waals surface area contributed by atoms with Crippen molar-refractivity contribution in [3.8, 4) is 22.3 Å². The van der Waals surface area contributed by atoms with Gasteiger partial charge in [-0.25, -0.2) is 0 Å². The fraction of sp³-hybridized carbons (Fsp3) is 0.414. The molecule has 5 rings (SSSR count). The summed E-state index contributed by atoms with van der Waals surface area (Å²) in [6, 6.07) is 11.7. The lowest BCUT2D eigenvalue weighted by Crippen LogP contribution is -2.47. The molecule has 1 aliphatic carbocycles. The van der Waals surface area contributed by atoms with Crippen LogP contribution in [-0.4, -0.2) is 45.1 Å². The van der Waals surface area contributed by atoms with Gasteiger partial charge in [-0.15, -0.1) is 0 Å². The Labute approximate surface area is 212 Å². The van der Waals surface area contributed by atoms with Crippen molar-refractivity contribution >= 4 is 17.5 Å². The monoisotopic (exact) mass is 489 g/mol. The number of benzene rings is 1. The van der Waals surface area contributed by atoms with Crippen LogP contribution in [0.4, 0.5) is 0 Å². The summed E-state index contributed by atoms with van der Waals surface area (Å²) in [7, 11) is 0. The maximum Gasteiger partial charge on any atom is 0.253 e. The zero-order valence-corrected chi connectivity index (χ0v) is 21.5. The summed E-state index contributed by atoms with van der Waals surface area (Å²) >= 11 is 6.70. The number of aromatic nitrogens is 2. The number of amides is 1. The molecule has 1 amide bonds. The van der Waals surface area contributed by atoms with E-state index < -0.39 is 0 Å². The number of hydrogen-bond acceptors (Lipinski definition) is 4. The molecule has 1 N–H and O–H groups in total. The number of piperidine rings is 1. The molecule has 182 valence electrons. The molecule has 1 saturated heterocycles. The van der Waals surface area contributed by atoms with Crippen LogP contribution in [0, 0.1) is 17.8 Å². The van der Waals surface area contributed by atoms with E-state index in [4.69, 9.17) is 11.6 Å². The maximum absolute atomic E-state index is 13.3. The van der Waals surface area contributed by atoms with Gasteiger partial charge in [0.25, 0.3) is 5.91 Å². The molecule has 2 aliphatic rings. The molecular weight excluding hydrogens is 458 g/mol. The van der Waals surface area contributed by atoms with Crippen LogP contribution in [0.3, 0.4) is 0 Å². The summed E-state index contributed by atoms with van der Waals surface area (Å²) in [5.41, 5.74) is 5.33. The number of carbonyl (C=O) groups excluding carboxylic acids is 1. The van der Waals surface area contributed by atoms with Gasteiger partial charge in [-0.3, -0.25) is 14.8 Å². The summed E-state index contributed by atoms with van der Waals surface area (Å²) in [6.45, 7) is 9.82. The van der Waals surface area contributed by atoms with Gasteiger partial charge in [0, 0.05) is 81.9 Å². The van der Waals surface area contributed by atoms with Crippen LogP contribution in [0.25, 0.3) is 22.3 Å². The quantitative estimate of drug-likeness (QED) is 0.501. The van der Waals surface area contributed by atoms with Crippen LogP contribution in [-0.2, 0) is 5.41 Å². The zero-order valence-electron chi connectivity index (χ0n) is 20.7. The Hall–Kier alpha value is -2.76. The van der Waals surface area contributed by atoms with Crippen molar-refractivity contribution in [2.24, 2.45) is 17.8 Å². The lowest BCUT2D eigenvalue weighted by atomic mass is 9.90. The fourth-order valence-electron chi connectivity index (χ4n) is 5.56. The van der Waals surface area contributed by atoms with E-state index in [-0.39, 0.29) is 29.3 Å².